The number of hydrogen-bond acceptors (Lipinski definition) is 3. The Kier molecular flexibility index (Phi) is 4.06. The summed E-state index contributed by atoms with van der Waals surface area (Å²) < 4.78 is 15.1. The fourth-order valence-electron chi connectivity index (χ4n) is 2.38. The lowest BCUT2D eigenvalue weighted by Gasteiger charge is -2.12. The first-order valence-corrected chi connectivity index (χ1v) is 7.25. The van der Waals surface area contributed by atoms with Gasteiger partial charge < -0.3 is 15.0 Å². The second-order valence-electron chi connectivity index (χ2n) is 5.37. The fraction of sp³-hybridized carbons (Fsp3) is 0.235. The Morgan fingerprint density at radius 3 is 2.64 bits per heavy atom. The van der Waals surface area contributed by atoms with Gasteiger partial charge in [-0.15, -0.1) is 0 Å². The zero-order chi connectivity index (χ0) is 15.5. The number of para-hydroxylation sites is 2. The van der Waals surface area contributed by atoms with E-state index in [0.717, 1.165) is 16.6 Å². The first-order valence-electron chi connectivity index (χ1n) is 7.25. The van der Waals surface area contributed by atoms with E-state index in [4.69, 9.17) is 0 Å². The number of benzene rings is 2. The first kappa shape index (κ1) is 14.5. The number of anilines is 1. The van der Waals surface area contributed by atoms with E-state index in [1.165, 1.54) is 12.1 Å². The SMILES string of the molecule is CC(O)CNc1nc2ccccc2n1Cc1ccc(F)cc1. The Hall–Kier alpha value is -2.40. The highest BCUT2D eigenvalue weighted by Crippen LogP contribution is 2.21. The van der Waals surface area contributed by atoms with Gasteiger partial charge in [0.05, 0.1) is 23.7 Å². The molecule has 0 saturated carbocycles. The highest BCUT2D eigenvalue weighted by Gasteiger charge is 2.11. The van der Waals surface area contributed by atoms with Crippen LogP contribution in [-0.4, -0.2) is 27.3 Å². The molecule has 0 radical (unpaired) electrons. The Balaban J connectivity index is 1.97. The number of halogens is 1. The third-order valence-corrected chi connectivity index (χ3v) is 3.46. The molecule has 1 aromatic heterocycles. The summed E-state index contributed by atoms with van der Waals surface area (Å²) in [5.74, 6) is 0.457. The summed E-state index contributed by atoms with van der Waals surface area (Å²) in [6, 6.07) is 14.3. The lowest BCUT2D eigenvalue weighted by molar-refractivity contribution is 0.208. The van der Waals surface area contributed by atoms with Crippen LogP contribution < -0.4 is 5.32 Å². The summed E-state index contributed by atoms with van der Waals surface area (Å²) >= 11 is 0. The molecule has 114 valence electrons. The molecule has 0 spiro atoms. The Morgan fingerprint density at radius 1 is 1.18 bits per heavy atom. The van der Waals surface area contributed by atoms with Crippen molar-refractivity contribution in [2.75, 3.05) is 11.9 Å². The number of aromatic nitrogens is 2. The van der Waals surface area contributed by atoms with Gasteiger partial charge in [-0.2, -0.15) is 0 Å². The Bertz CT molecular complexity index is 765. The van der Waals surface area contributed by atoms with Crippen molar-refractivity contribution in [1.29, 1.82) is 0 Å². The van der Waals surface area contributed by atoms with Crippen LogP contribution in [-0.2, 0) is 6.54 Å². The van der Waals surface area contributed by atoms with Crippen molar-refractivity contribution in [3.05, 3.63) is 59.9 Å². The number of rotatable bonds is 5. The van der Waals surface area contributed by atoms with E-state index in [1.807, 2.05) is 28.8 Å². The molecule has 0 bridgehead atoms. The van der Waals surface area contributed by atoms with Gasteiger partial charge in [0, 0.05) is 6.54 Å². The third-order valence-electron chi connectivity index (χ3n) is 3.46. The number of nitrogens with zero attached hydrogens (tertiary/aromatic N) is 2. The highest BCUT2D eigenvalue weighted by atomic mass is 19.1. The summed E-state index contributed by atoms with van der Waals surface area (Å²) in [6.45, 7) is 2.73. The number of aliphatic hydroxyl groups is 1. The minimum atomic E-state index is -0.459. The number of imidazole rings is 1. The van der Waals surface area contributed by atoms with E-state index >= 15 is 0 Å². The molecule has 1 atom stereocenters. The standard InChI is InChI=1S/C17H18FN3O/c1-12(22)10-19-17-20-15-4-2-3-5-16(15)21(17)11-13-6-8-14(18)9-7-13/h2-9,12,22H,10-11H2,1H3,(H,19,20). The molecule has 0 aliphatic rings. The third kappa shape index (κ3) is 3.09. The molecule has 3 aromatic rings. The van der Waals surface area contributed by atoms with Crippen molar-refractivity contribution in [1.82, 2.24) is 9.55 Å². The topological polar surface area (TPSA) is 50.1 Å². The van der Waals surface area contributed by atoms with Gasteiger partial charge in [0.25, 0.3) is 0 Å². The molecule has 0 aliphatic heterocycles. The van der Waals surface area contributed by atoms with Crippen molar-refractivity contribution >= 4 is 17.0 Å². The molecule has 0 fully saturated rings. The van der Waals surface area contributed by atoms with E-state index in [9.17, 15) is 9.50 Å². The molecule has 2 aromatic carbocycles. The molecular weight excluding hydrogens is 281 g/mol. The average molecular weight is 299 g/mol. The zero-order valence-electron chi connectivity index (χ0n) is 12.3. The molecule has 0 saturated heterocycles. The summed E-state index contributed by atoms with van der Waals surface area (Å²) in [4.78, 5) is 4.57. The van der Waals surface area contributed by atoms with Crippen LogP contribution in [0.1, 0.15) is 12.5 Å². The zero-order valence-corrected chi connectivity index (χ0v) is 12.3. The van der Waals surface area contributed by atoms with Crippen LogP contribution in [0.4, 0.5) is 10.3 Å². The Morgan fingerprint density at radius 2 is 1.91 bits per heavy atom. The van der Waals surface area contributed by atoms with E-state index < -0.39 is 6.10 Å². The second-order valence-corrected chi connectivity index (χ2v) is 5.37. The molecular formula is C17H18FN3O. The smallest absolute Gasteiger partial charge is 0.204 e. The quantitative estimate of drug-likeness (QED) is 0.761. The normalized spacial score (nSPS) is 12.5. The monoisotopic (exact) mass is 299 g/mol. The highest BCUT2D eigenvalue weighted by molar-refractivity contribution is 5.78. The van der Waals surface area contributed by atoms with Crippen molar-refractivity contribution in [3.63, 3.8) is 0 Å². The van der Waals surface area contributed by atoms with Crippen molar-refractivity contribution in [2.45, 2.75) is 19.6 Å². The van der Waals surface area contributed by atoms with E-state index in [2.05, 4.69) is 10.3 Å². The maximum Gasteiger partial charge on any atom is 0.204 e. The lowest BCUT2D eigenvalue weighted by atomic mass is 10.2. The van der Waals surface area contributed by atoms with Crippen LogP contribution in [0.5, 0.6) is 0 Å². The van der Waals surface area contributed by atoms with Crippen LogP contribution >= 0.6 is 0 Å². The summed E-state index contributed by atoms with van der Waals surface area (Å²) in [5.41, 5.74) is 2.88. The number of nitrogens with one attached hydrogen (secondary N) is 1. The molecule has 1 unspecified atom stereocenters. The predicted octanol–water partition coefficient (Wildman–Crippen LogP) is 3.02. The summed E-state index contributed by atoms with van der Waals surface area (Å²) in [5, 5.41) is 12.6. The summed E-state index contributed by atoms with van der Waals surface area (Å²) in [6.07, 6.45) is -0.459. The van der Waals surface area contributed by atoms with Crippen molar-refractivity contribution in [3.8, 4) is 0 Å². The van der Waals surface area contributed by atoms with Crippen LogP contribution in [0, 0.1) is 5.82 Å². The molecule has 5 heteroatoms. The molecule has 22 heavy (non-hydrogen) atoms. The first-order chi connectivity index (χ1) is 10.6. The van der Waals surface area contributed by atoms with Crippen LogP contribution in [0.25, 0.3) is 11.0 Å². The average Bonchev–Trinajstić information content (AvgIpc) is 2.85. The van der Waals surface area contributed by atoms with Gasteiger partial charge in [-0.1, -0.05) is 24.3 Å². The van der Waals surface area contributed by atoms with Gasteiger partial charge in [0.15, 0.2) is 0 Å². The predicted molar refractivity (Wildman–Crippen MR) is 85.4 cm³/mol. The molecule has 4 nitrogen and oxygen atoms in total. The van der Waals surface area contributed by atoms with E-state index in [-0.39, 0.29) is 5.82 Å². The molecule has 0 amide bonds. The van der Waals surface area contributed by atoms with Crippen molar-refractivity contribution < 1.29 is 9.50 Å². The minimum Gasteiger partial charge on any atom is -0.392 e. The molecule has 1 heterocycles. The molecule has 0 aliphatic carbocycles. The largest absolute Gasteiger partial charge is 0.392 e. The van der Waals surface area contributed by atoms with Gasteiger partial charge in [0.2, 0.25) is 5.95 Å². The maximum atomic E-state index is 13.0. The molecule has 3 rings (SSSR count). The number of hydrogen-bond donors (Lipinski definition) is 2. The van der Waals surface area contributed by atoms with Gasteiger partial charge >= 0.3 is 0 Å². The van der Waals surface area contributed by atoms with Crippen LogP contribution in [0.2, 0.25) is 0 Å². The number of aliphatic hydroxyl groups excluding tert-OH is 1. The maximum absolute atomic E-state index is 13.0. The van der Waals surface area contributed by atoms with E-state index in [0.29, 0.717) is 19.0 Å². The molecule has 2 N–H and O–H groups in total. The lowest BCUT2D eigenvalue weighted by Crippen LogP contribution is -2.18. The fourth-order valence-corrected chi connectivity index (χ4v) is 2.38. The van der Waals surface area contributed by atoms with Gasteiger partial charge in [0.1, 0.15) is 5.82 Å². The Labute approximate surface area is 128 Å². The second kappa shape index (κ2) is 6.15. The minimum absolute atomic E-state index is 0.244. The van der Waals surface area contributed by atoms with Crippen LogP contribution in [0.15, 0.2) is 48.5 Å². The van der Waals surface area contributed by atoms with Gasteiger partial charge in [-0.3, -0.25) is 0 Å². The van der Waals surface area contributed by atoms with Gasteiger partial charge in [-0.25, -0.2) is 9.37 Å². The number of fused-ring (bicyclic) bond motifs is 1. The van der Waals surface area contributed by atoms with E-state index in [1.54, 1.807) is 19.1 Å². The van der Waals surface area contributed by atoms with Crippen molar-refractivity contribution in [2.24, 2.45) is 0 Å². The van der Waals surface area contributed by atoms with Crippen LogP contribution in [0.3, 0.4) is 0 Å². The summed E-state index contributed by atoms with van der Waals surface area (Å²) in [7, 11) is 0. The van der Waals surface area contributed by atoms with Gasteiger partial charge in [-0.05, 0) is 36.8 Å².